The summed E-state index contributed by atoms with van der Waals surface area (Å²) in [6.07, 6.45) is 1.72. The van der Waals surface area contributed by atoms with E-state index in [1.165, 1.54) is 18.2 Å². The second kappa shape index (κ2) is 11.4. The molecule has 4 amide bonds. The standard InChI is InChI=1S/C28H31F3N4O5/c1-39-23-13-17(29)5-8-20(23)15-2-6-19(7-3-15)34-11-10-18(14-34)33-27(37)35-24(25(26(32)36)40-28(35)38)16-4-9-21(30)22(31)12-16/h4-5,8-9,12-13,15,18-19,24-25H,2-3,6-7,10-11,14H2,1H3,(H2,32,36)(H,33,37)/t15?,18-,19?,24+,25-/m1/s1. The summed E-state index contributed by atoms with van der Waals surface area (Å²) in [4.78, 5) is 40.8. The molecule has 0 spiro atoms. The molecule has 40 heavy (non-hydrogen) atoms. The number of rotatable bonds is 6. The molecule has 0 unspecified atom stereocenters. The van der Waals surface area contributed by atoms with Gasteiger partial charge in [0.25, 0.3) is 5.91 Å². The zero-order valence-corrected chi connectivity index (χ0v) is 21.9. The number of ether oxygens (including phenoxy) is 2. The van der Waals surface area contributed by atoms with Gasteiger partial charge in [0.15, 0.2) is 11.6 Å². The highest BCUT2D eigenvalue weighted by Gasteiger charge is 2.50. The monoisotopic (exact) mass is 560 g/mol. The molecule has 3 fully saturated rings. The van der Waals surface area contributed by atoms with Crippen molar-refractivity contribution in [3.63, 3.8) is 0 Å². The molecule has 3 atom stereocenters. The SMILES string of the molecule is COc1cc(F)ccc1C1CCC(N2CC[C@@H](NC(=O)N3C(=O)O[C@@H](C(N)=O)[C@@H]3c3ccc(F)c(F)c3)C2)CC1. The van der Waals surface area contributed by atoms with Crippen molar-refractivity contribution in [1.82, 2.24) is 15.1 Å². The molecule has 0 bridgehead atoms. The Kier molecular flexibility index (Phi) is 7.88. The maximum Gasteiger partial charge on any atom is 0.419 e. The largest absolute Gasteiger partial charge is 0.496 e. The number of urea groups is 1. The number of benzene rings is 2. The highest BCUT2D eigenvalue weighted by molar-refractivity contribution is 5.97. The lowest BCUT2D eigenvalue weighted by molar-refractivity contribution is -0.125. The van der Waals surface area contributed by atoms with E-state index >= 15 is 0 Å². The Balaban J connectivity index is 1.21. The molecule has 1 saturated carbocycles. The summed E-state index contributed by atoms with van der Waals surface area (Å²) in [5.74, 6) is -2.82. The normalized spacial score (nSPS) is 26.9. The summed E-state index contributed by atoms with van der Waals surface area (Å²) in [5, 5.41) is 2.83. The van der Waals surface area contributed by atoms with Crippen molar-refractivity contribution in [2.24, 2.45) is 5.73 Å². The van der Waals surface area contributed by atoms with Crippen molar-refractivity contribution < 1.29 is 37.0 Å². The number of halogens is 3. The van der Waals surface area contributed by atoms with Crippen molar-refractivity contribution in [2.75, 3.05) is 20.2 Å². The number of carbonyl (C=O) groups is 3. The van der Waals surface area contributed by atoms with Crippen molar-refractivity contribution in [3.8, 4) is 5.75 Å². The number of amides is 4. The van der Waals surface area contributed by atoms with E-state index in [4.69, 9.17) is 15.2 Å². The van der Waals surface area contributed by atoms with Crippen LogP contribution in [0, 0.1) is 17.5 Å². The minimum atomic E-state index is -1.54. The van der Waals surface area contributed by atoms with Gasteiger partial charge >= 0.3 is 12.1 Å². The molecule has 1 aliphatic carbocycles. The van der Waals surface area contributed by atoms with Crippen molar-refractivity contribution in [1.29, 1.82) is 0 Å². The van der Waals surface area contributed by atoms with Crippen LogP contribution < -0.4 is 15.8 Å². The van der Waals surface area contributed by atoms with Gasteiger partial charge in [-0.25, -0.2) is 27.7 Å². The first kappa shape index (κ1) is 27.8. The fourth-order valence-corrected chi connectivity index (χ4v) is 6.18. The maximum atomic E-state index is 13.9. The number of carbonyl (C=O) groups excluding carboxylic acids is 3. The molecule has 5 rings (SSSR count). The molecule has 3 aliphatic rings. The average molecular weight is 561 g/mol. The van der Waals surface area contributed by atoms with E-state index in [1.54, 1.807) is 13.2 Å². The molecule has 0 aromatic heterocycles. The van der Waals surface area contributed by atoms with E-state index in [0.717, 1.165) is 49.9 Å². The van der Waals surface area contributed by atoms with Gasteiger partial charge in [0.1, 0.15) is 17.6 Å². The summed E-state index contributed by atoms with van der Waals surface area (Å²) < 4.78 is 51.5. The molecule has 214 valence electrons. The van der Waals surface area contributed by atoms with E-state index in [9.17, 15) is 27.6 Å². The second-order valence-corrected chi connectivity index (χ2v) is 10.5. The summed E-state index contributed by atoms with van der Waals surface area (Å²) >= 11 is 0. The van der Waals surface area contributed by atoms with E-state index in [2.05, 4.69) is 10.2 Å². The third-order valence-corrected chi connectivity index (χ3v) is 8.17. The van der Waals surface area contributed by atoms with Crippen LogP contribution in [0.3, 0.4) is 0 Å². The first-order valence-electron chi connectivity index (χ1n) is 13.3. The molecule has 2 aromatic carbocycles. The van der Waals surface area contributed by atoms with Crippen LogP contribution >= 0.6 is 0 Å². The van der Waals surface area contributed by atoms with Gasteiger partial charge in [-0.2, -0.15) is 0 Å². The smallest absolute Gasteiger partial charge is 0.419 e. The zero-order valence-electron chi connectivity index (χ0n) is 21.9. The van der Waals surface area contributed by atoms with Gasteiger partial charge in [-0.3, -0.25) is 9.69 Å². The highest BCUT2D eigenvalue weighted by atomic mass is 19.2. The van der Waals surface area contributed by atoms with Crippen molar-refractivity contribution >= 4 is 18.0 Å². The van der Waals surface area contributed by atoms with E-state index < -0.39 is 41.8 Å². The van der Waals surface area contributed by atoms with Gasteiger partial charge in [0.2, 0.25) is 6.10 Å². The van der Waals surface area contributed by atoms with Crippen LogP contribution in [0.25, 0.3) is 0 Å². The van der Waals surface area contributed by atoms with Gasteiger partial charge in [-0.1, -0.05) is 12.1 Å². The second-order valence-electron chi connectivity index (χ2n) is 10.5. The Hall–Kier alpha value is -3.80. The van der Waals surface area contributed by atoms with Crippen LogP contribution in [-0.2, 0) is 9.53 Å². The number of likely N-dealkylation sites (tertiary alicyclic amines) is 1. The molecule has 0 radical (unpaired) electrons. The topological polar surface area (TPSA) is 114 Å². The molecule has 2 heterocycles. The molecule has 2 aliphatic heterocycles. The first-order chi connectivity index (χ1) is 19.2. The van der Waals surface area contributed by atoms with Gasteiger partial charge in [0.05, 0.1) is 7.11 Å². The van der Waals surface area contributed by atoms with Crippen molar-refractivity contribution in [2.45, 2.75) is 62.3 Å². The fourth-order valence-electron chi connectivity index (χ4n) is 6.18. The van der Waals surface area contributed by atoms with Gasteiger partial charge in [-0.15, -0.1) is 0 Å². The third kappa shape index (κ3) is 5.45. The molecule has 2 aromatic rings. The Bertz CT molecular complexity index is 1300. The number of hydrogen-bond donors (Lipinski definition) is 2. The minimum absolute atomic E-state index is 0.00583. The number of nitrogens with two attached hydrogens (primary N) is 1. The predicted molar refractivity (Wildman–Crippen MR) is 137 cm³/mol. The quantitative estimate of drug-likeness (QED) is 0.553. The molecular weight excluding hydrogens is 529 g/mol. The predicted octanol–water partition coefficient (Wildman–Crippen LogP) is 3.97. The summed E-state index contributed by atoms with van der Waals surface area (Å²) in [6, 6.07) is 5.40. The number of hydrogen-bond acceptors (Lipinski definition) is 6. The molecule has 12 heteroatoms. The molecule has 2 saturated heterocycles. The van der Waals surface area contributed by atoms with E-state index in [0.29, 0.717) is 29.7 Å². The lowest BCUT2D eigenvalue weighted by Crippen LogP contribution is -2.48. The lowest BCUT2D eigenvalue weighted by atomic mass is 9.81. The molecule has 3 N–H and O–H groups in total. The van der Waals surface area contributed by atoms with Crippen LogP contribution in [0.5, 0.6) is 5.75 Å². The average Bonchev–Trinajstić information content (AvgIpc) is 3.54. The Morgan fingerprint density at radius 2 is 1.77 bits per heavy atom. The first-order valence-corrected chi connectivity index (χ1v) is 13.3. The summed E-state index contributed by atoms with van der Waals surface area (Å²) in [6.45, 7) is 1.32. The number of methoxy groups -OCH3 is 1. The van der Waals surface area contributed by atoms with E-state index in [1.807, 2.05) is 0 Å². The number of cyclic esters (lactones) is 1. The van der Waals surface area contributed by atoms with Gasteiger partial charge in [-0.05, 0) is 67.3 Å². The van der Waals surface area contributed by atoms with Crippen LogP contribution in [0.4, 0.5) is 22.8 Å². The minimum Gasteiger partial charge on any atom is -0.496 e. The summed E-state index contributed by atoms with van der Waals surface area (Å²) in [5.41, 5.74) is 6.40. The van der Waals surface area contributed by atoms with Crippen LogP contribution in [0.2, 0.25) is 0 Å². The maximum absolute atomic E-state index is 13.9. The van der Waals surface area contributed by atoms with E-state index in [-0.39, 0.29) is 23.3 Å². The number of imide groups is 1. The molecular formula is C28H31F3N4O5. The zero-order chi connectivity index (χ0) is 28.6. The van der Waals surface area contributed by atoms with Crippen molar-refractivity contribution in [3.05, 3.63) is 65.0 Å². The van der Waals surface area contributed by atoms with Crippen LogP contribution in [-0.4, -0.2) is 66.2 Å². The highest BCUT2D eigenvalue weighted by Crippen LogP contribution is 2.40. The Morgan fingerprint density at radius 3 is 2.45 bits per heavy atom. The molecule has 9 nitrogen and oxygen atoms in total. The Morgan fingerprint density at radius 1 is 1.02 bits per heavy atom. The number of nitrogens with one attached hydrogen (secondary N) is 1. The Labute approximate surface area is 229 Å². The van der Waals surface area contributed by atoms with Crippen LogP contribution in [0.1, 0.15) is 55.2 Å². The fraction of sp³-hybridized carbons (Fsp3) is 0.464. The number of primary amides is 1. The lowest BCUT2D eigenvalue weighted by Gasteiger charge is -2.35. The van der Waals surface area contributed by atoms with Crippen LogP contribution in [0.15, 0.2) is 36.4 Å². The third-order valence-electron chi connectivity index (χ3n) is 8.17. The van der Waals surface area contributed by atoms with Gasteiger partial charge < -0.3 is 20.5 Å². The van der Waals surface area contributed by atoms with Gasteiger partial charge in [0, 0.05) is 31.2 Å². The number of nitrogens with zero attached hydrogens (tertiary/aromatic N) is 2. The summed E-state index contributed by atoms with van der Waals surface area (Å²) in [7, 11) is 1.54.